The first-order chi connectivity index (χ1) is 12.5. The van der Waals surface area contributed by atoms with Crippen LogP contribution in [0.4, 0.5) is 4.79 Å². The lowest BCUT2D eigenvalue weighted by Crippen LogP contribution is -2.28. The normalized spacial score (nSPS) is 16.8. The van der Waals surface area contributed by atoms with Gasteiger partial charge in [0.15, 0.2) is 11.5 Å². The molecule has 1 fully saturated rings. The molecule has 0 spiro atoms. The van der Waals surface area contributed by atoms with Gasteiger partial charge in [-0.25, -0.2) is 4.79 Å². The first kappa shape index (κ1) is 18.1. The summed E-state index contributed by atoms with van der Waals surface area (Å²) in [7, 11) is 0. The van der Waals surface area contributed by atoms with E-state index in [0.29, 0.717) is 24.1 Å². The predicted octanol–water partition coefficient (Wildman–Crippen LogP) is 4.92. The number of unbranched alkanes of at least 4 members (excludes halogenated alkanes) is 1. The van der Waals surface area contributed by atoms with Crippen molar-refractivity contribution in [2.45, 2.75) is 45.1 Å². The highest BCUT2D eigenvalue weighted by molar-refractivity contribution is 5.75. The summed E-state index contributed by atoms with van der Waals surface area (Å²) in [6.07, 6.45) is 3.70. The molecular weight excluding hydrogens is 330 g/mol. The summed E-state index contributed by atoms with van der Waals surface area (Å²) in [4.78, 5) is 12.7. The summed E-state index contributed by atoms with van der Waals surface area (Å²) in [5, 5.41) is 30.3. The van der Waals surface area contributed by atoms with Gasteiger partial charge in [-0.05, 0) is 36.8 Å². The van der Waals surface area contributed by atoms with Crippen molar-refractivity contribution >= 4 is 6.09 Å². The SMILES string of the molecule is CCCCc1ccc(-c2ccc(C3CCCN3C(=O)O)c(O)c2O)cc1. The van der Waals surface area contributed by atoms with Crippen molar-refractivity contribution in [1.29, 1.82) is 0 Å². The maximum Gasteiger partial charge on any atom is 0.407 e. The molecule has 2 aromatic rings. The second-order valence-electron chi connectivity index (χ2n) is 6.83. The number of carbonyl (C=O) groups is 1. The van der Waals surface area contributed by atoms with E-state index in [1.165, 1.54) is 10.5 Å². The Morgan fingerprint density at radius 3 is 2.50 bits per heavy atom. The van der Waals surface area contributed by atoms with Crippen LogP contribution in [0.3, 0.4) is 0 Å². The fourth-order valence-electron chi connectivity index (χ4n) is 3.65. The molecule has 0 aliphatic carbocycles. The third-order valence-electron chi connectivity index (χ3n) is 5.12. The number of benzene rings is 2. The van der Waals surface area contributed by atoms with Crippen LogP contribution < -0.4 is 0 Å². The monoisotopic (exact) mass is 355 g/mol. The van der Waals surface area contributed by atoms with E-state index >= 15 is 0 Å². The van der Waals surface area contributed by atoms with Crippen molar-refractivity contribution in [1.82, 2.24) is 4.90 Å². The van der Waals surface area contributed by atoms with Gasteiger partial charge in [0.25, 0.3) is 0 Å². The van der Waals surface area contributed by atoms with E-state index in [-0.39, 0.29) is 11.5 Å². The molecule has 1 amide bonds. The first-order valence-corrected chi connectivity index (χ1v) is 9.16. The van der Waals surface area contributed by atoms with Crippen LogP contribution in [0.15, 0.2) is 36.4 Å². The van der Waals surface area contributed by atoms with E-state index in [2.05, 4.69) is 6.92 Å². The molecule has 0 bridgehead atoms. The van der Waals surface area contributed by atoms with Crippen LogP contribution in [0.1, 0.15) is 49.8 Å². The predicted molar refractivity (Wildman–Crippen MR) is 101 cm³/mol. The van der Waals surface area contributed by atoms with E-state index in [4.69, 9.17) is 0 Å². The summed E-state index contributed by atoms with van der Waals surface area (Å²) < 4.78 is 0. The van der Waals surface area contributed by atoms with Gasteiger partial charge in [-0.3, -0.25) is 0 Å². The minimum absolute atomic E-state index is 0.193. The van der Waals surface area contributed by atoms with Gasteiger partial charge in [-0.15, -0.1) is 0 Å². The molecular formula is C21H25NO4. The van der Waals surface area contributed by atoms with Crippen molar-refractivity contribution in [3.63, 3.8) is 0 Å². The quantitative estimate of drug-likeness (QED) is 0.665. The van der Waals surface area contributed by atoms with Gasteiger partial charge in [0.1, 0.15) is 0 Å². The second-order valence-corrected chi connectivity index (χ2v) is 6.83. The van der Waals surface area contributed by atoms with Gasteiger partial charge in [-0.2, -0.15) is 0 Å². The molecule has 1 saturated heterocycles. The second kappa shape index (κ2) is 7.68. The van der Waals surface area contributed by atoms with Gasteiger partial charge in [0.05, 0.1) is 6.04 Å². The van der Waals surface area contributed by atoms with Crippen LogP contribution in [0, 0.1) is 0 Å². The standard InChI is InChI=1S/C21H25NO4/c1-2-3-5-14-7-9-15(10-8-14)16-11-12-17(20(24)19(16)23)18-6-4-13-22(18)21(25)26/h7-12,18,23-24H,2-6,13H2,1H3,(H,25,26). The summed E-state index contributed by atoms with van der Waals surface area (Å²) in [6, 6.07) is 11.0. The lowest BCUT2D eigenvalue weighted by Gasteiger charge is -2.23. The fourth-order valence-corrected chi connectivity index (χ4v) is 3.65. The lowest BCUT2D eigenvalue weighted by atomic mass is 9.96. The minimum Gasteiger partial charge on any atom is -0.504 e. The van der Waals surface area contributed by atoms with E-state index < -0.39 is 12.1 Å². The lowest BCUT2D eigenvalue weighted by molar-refractivity contribution is 0.139. The molecule has 5 nitrogen and oxygen atoms in total. The summed E-state index contributed by atoms with van der Waals surface area (Å²) in [6.45, 7) is 2.60. The number of nitrogens with zero attached hydrogens (tertiary/aromatic N) is 1. The Morgan fingerprint density at radius 2 is 1.85 bits per heavy atom. The number of carboxylic acid groups (broad SMARTS) is 1. The zero-order chi connectivity index (χ0) is 18.7. The molecule has 138 valence electrons. The number of phenols is 2. The molecule has 0 aromatic heterocycles. The number of likely N-dealkylation sites (tertiary alicyclic amines) is 1. The molecule has 5 heteroatoms. The average Bonchev–Trinajstić information content (AvgIpc) is 3.12. The van der Waals surface area contributed by atoms with Crippen LogP contribution in [-0.2, 0) is 6.42 Å². The topological polar surface area (TPSA) is 81.0 Å². The number of amides is 1. The number of hydrogen-bond acceptors (Lipinski definition) is 3. The molecule has 26 heavy (non-hydrogen) atoms. The zero-order valence-electron chi connectivity index (χ0n) is 15.0. The third-order valence-corrected chi connectivity index (χ3v) is 5.12. The fraction of sp³-hybridized carbons (Fsp3) is 0.381. The minimum atomic E-state index is -1.00. The Kier molecular flexibility index (Phi) is 5.35. The number of aromatic hydroxyl groups is 2. The summed E-state index contributed by atoms with van der Waals surface area (Å²) in [5.74, 6) is -0.420. The van der Waals surface area contributed by atoms with Crippen molar-refractivity contribution in [3.05, 3.63) is 47.5 Å². The molecule has 1 aliphatic rings. The van der Waals surface area contributed by atoms with Gasteiger partial charge < -0.3 is 20.2 Å². The highest BCUT2D eigenvalue weighted by Gasteiger charge is 2.32. The molecule has 0 saturated carbocycles. The van der Waals surface area contributed by atoms with Gasteiger partial charge in [0, 0.05) is 17.7 Å². The van der Waals surface area contributed by atoms with Crippen molar-refractivity contribution < 1.29 is 20.1 Å². The molecule has 0 radical (unpaired) electrons. The number of rotatable bonds is 5. The van der Waals surface area contributed by atoms with Crippen molar-refractivity contribution in [3.8, 4) is 22.6 Å². The van der Waals surface area contributed by atoms with Crippen molar-refractivity contribution in [2.24, 2.45) is 0 Å². The van der Waals surface area contributed by atoms with Gasteiger partial charge in [0.2, 0.25) is 0 Å². The van der Waals surface area contributed by atoms with Crippen LogP contribution in [-0.4, -0.2) is 32.9 Å². The van der Waals surface area contributed by atoms with E-state index in [1.54, 1.807) is 12.1 Å². The Balaban J connectivity index is 1.89. The average molecular weight is 355 g/mol. The maximum absolute atomic E-state index is 11.4. The Bertz CT molecular complexity index is 785. The molecule has 3 rings (SSSR count). The Labute approximate surface area is 153 Å². The summed E-state index contributed by atoms with van der Waals surface area (Å²) in [5.41, 5.74) is 3.09. The van der Waals surface area contributed by atoms with Crippen molar-refractivity contribution in [2.75, 3.05) is 6.54 Å². The maximum atomic E-state index is 11.4. The van der Waals surface area contributed by atoms with E-state index in [0.717, 1.165) is 31.2 Å². The highest BCUT2D eigenvalue weighted by atomic mass is 16.4. The molecule has 1 heterocycles. The Hall–Kier alpha value is -2.69. The van der Waals surface area contributed by atoms with Crippen LogP contribution in [0.2, 0.25) is 0 Å². The molecule has 2 aromatic carbocycles. The third kappa shape index (κ3) is 3.47. The van der Waals surface area contributed by atoms with Gasteiger partial charge >= 0.3 is 6.09 Å². The molecule has 1 aliphatic heterocycles. The van der Waals surface area contributed by atoms with Gasteiger partial charge in [-0.1, -0.05) is 49.7 Å². The van der Waals surface area contributed by atoms with E-state index in [9.17, 15) is 20.1 Å². The zero-order valence-corrected chi connectivity index (χ0v) is 15.0. The molecule has 1 atom stereocenters. The largest absolute Gasteiger partial charge is 0.504 e. The number of phenolic OH excluding ortho intramolecular Hbond substituents is 2. The Morgan fingerprint density at radius 1 is 1.12 bits per heavy atom. The van der Waals surface area contributed by atoms with Crippen LogP contribution >= 0.6 is 0 Å². The summed E-state index contributed by atoms with van der Waals surface area (Å²) >= 11 is 0. The van der Waals surface area contributed by atoms with Crippen LogP contribution in [0.25, 0.3) is 11.1 Å². The van der Waals surface area contributed by atoms with Crippen LogP contribution in [0.5, 0.6) is 11.5 Å². The molecule has 1 unspecified atom stereocenters. The first-order valence-electron chi connectivity index (χ1n) is 9.16. The highest BCUT2D eigenvalue weighted by Crippen LogP contribution is 2.45. The smallest absolute Gasteiger partial charge is 0.407 e. The number of aryl methyl sites for hydroxylation is 1. The number of hydrogen-bond donors (Lipinski definition) is 3. The molecule has 3 N–H and O–H groups in total. The van der Waals surface area contributed by atoms with E-state index in [1.807, 2.05) is 24.3 Å².